The first kappa shape index (κ1) is 27.1. The number of fused-ring (bicyclic) bond motifs is 1. The molecule has 0 saturated carbocycles. The molecule has 1 saturated heterocycles. The van der Waals surface area contributed by atoms with E-state index < -0.39 is 18.9 Å². The van der Waals surface area contributed by atoms with Gasteiger partial charge >= 0.3 is 0 Å². The number of aliphatic hydroxyl groups is 2. The first-order valence-corrected chi connectivity index (χ1v) is 13.3. The summed E-state index contributed by atoms with van der Waals surface area (Å²) in [5.41, 5.74) is 4.85. The zero-order chi connectivity index (χ0) is 27.5. The van der Waals surface area contributed by atoms with Gasteiger partial charge in [0.2, 0.25) is 0 Å². The Hall–Kier alpha value is -3.44. The molecule has 1 unspecified atom stereocenters. The fourth-order valence-corrected chi connectivity index (χ4v) is 5.21. The number of β-amino-alcohol motifs (C(OH)–C–C–N with tert-alkyl or cyclic N) is 1. The number of halogens is 2. The van der Waals surface area contributed by atoms with Gasteiger partial charge in [0.25, 0.3) is 5.56 Å². The van der Waals surface area contributed by atoms with E-state index in [1.54, 1.807) is 36.5 Å². The lowest BCUT2D eigenvalue weighted by Crippen LogP contribution is -2.48. The van der Waals surface area contributed by atoms with Crippen molar-refractivity contribution in [3.63, 3.8) is 0 Å². The van der Waals surface area contributed by atoms with Crippen LogP contribution >= 0.6 is 11.6 Å². The maximum atomic E-state index is 12.9. The smallest absolute Gasteiger partial charge is 0.261 e. The lowest BCUT2D eigenvalue weighted by atomic mass is 10.1. The first-order valence-electron chi connectivity index (χ1n) is 12.9. The Morgan fingerprint density at radius 3 is 2.69 bits per heavy atom. The SMILES string of the molecule is Cc1cc(N2CCN(CC(O)CF)CC2)cc2[nH]c(-c3c(NC[C@@H](O)c4cccc(Cl)c4)cc[nH]c3=O)nc12. The third kappa shape index (κ3) is 6.09. The number of rotatable bonds is 9. The molecule has 11 heteroatoms. The van der Waals surface area contributed by atoms with Crippen LogP contribution in [0, 0.1) is 6.92 Å². The number of benzene rings is 2. The summed E-state index contributed by atoms with van der Waals surface area (Å²) < 4.78 is 12.7. The van der Waals surface area contributed by atoms with Crippen molar-refractivity contribution in [2.45, 2.75) is 19.1 Å². The van der Waals surface area contributed by atoms with Crippen molar-refractivity contribution >= 4 is 34.0 Å². The van der Waals surface area contributed by atoms with Crippen LogP contribution in [-0.2, 0) is 0 Å². The lowest BCUT2D eigenvalue weighted by molar-refractivity contribution is 0.0871. The monoisotopic (exact) mass is 554 g/mol. The van der Waals surface area contributed by atoms with E-state index in [4.69, 9.17) is 16.6 Å². The number of anilines is 2. The van der Waals surface area contributed by atoms with E-state index in [1.807, 2.05) is 13.0 Å². The number of aliphatic hydroxyl groups excluding tert-OH is 2. The van der Waals surface area contributed by atoms with Crippen molar-refractivity contribution in [1.29, 1.82) is 0 Å². The molecule has 0 aliphatic carbocycles. The van der Waals surface area contributed by atoms with Crippen molar-refractivity contribution in [1.82, 2.24) is 19.9 Å². The Bertz CT molecular complexity index is 1500. The fraction of sp³-hybridized carbons (Fsp3) is 0.357. The number of H-pyrrole nitrogens is 2. The second-order valence-electron chi connectivity index (χ2n) is 9.89. The van der Waals surface area contributed by atoms with Gasteiger partial charge in [-0.05, 0) is 48.4 Å². The number of pyridine rings is 1. The molecule has 3 heterocycles. The van der Waals surface area contributed by atoms with Gasteiger partial charge < -0.3 is 30.4 Å². The summed E-state index contributed by atoms with van der Waals surface area (Å²) in [5.74, 6) is 0.428. The molecule has 39 heavy (non-hydrogen) atoms. The van der Waals surface area contributed by atoms with E-state index in [2.05, 4.69) is 31.2 Å². The van der Waals surface area contributed by atoms with Gasteiger partial charge in [0.1, 0.15) is 18.1 Å². The summed E-state index contributed by atoms with van der Waals surface area (Å²) >= 11 is 6.06. The third-order valence-corrected chi connectivity index (χ3v) is 7.30. The molecule has 0 bridgehead atoms. The minimum Gasteiger partial charge on any atom is -0.389 e. The molecule has 4 aromatic rings. The average Bonchev–Trinajstić information content (AvgIpc) is 3.36. The van der Waals surface area contributed by atoms with Gasteiger partial charge in [-0.25, -0.2) is 9.37 Å². The minimum atomic E-state index is -0.945. The number of hydrogen-bond donors (Lipinski definition) is 5. The molecule has 1 fully saturated rings. The molecule has 0 spiro atoms. The normalized spacial score (nSPS) is 16.0. The van der Waals surface area contributed by atoms with Crippen molar-refractivity contribution in [3.8, 4) is 11.4 Å². The lowest BCUT2D eigenvalue weighted by Gasteiger charge is -2.36. The second kappa shape index (κ2) is 11.7. The summed E-state index contributed by atoms with van der Waals surface area (Å²) in [6.07, 6.45) is -0.214. The molecule has 5 rings (SSSR count). The molecular weight excluding hydrogens is 523 g/mol. The molecule has 1 aliphatic rings. The number of piperazine rings is 1. The molecule has 0 radical (unpaired) electrons. The summed E-state index contributed by atoms with van der Waals surface area (Å²) in [7, 11) is 0. The zero-order valence-corrected chi connectivity index (χ0v) is 22.4. The largest absolute Gasteiger partial charge is 0.389 e. The predicted molar refractivity (Wildman–Crippen MR) is 152 cm³/mol. The number of imidazole rings is 1. The average molecular weight is 555 g/mol. The van der Waals surface area contributed by atoms with Crippen LogP contribution in [0.3, 0.4) is 0 Å². The maximum absolute atomic E-state index is 12.9. The quantitative estimate of drug-likeness (QED) is 0.215. The highest BCUT2D eigenvalue weighted by Gasteiger charge is 2.22. The van der Waals surface area contributed by atoms with Crippen LogP contribution in [-0.4, -0.2) is 82.1 Å². The maximum Gasteiger partial charge on any atom is 0.261 e. The fourth-order valence-electron chi connectivity index (χ4n) is 5.01. The second-order valence-corrected chi connectivity index (χ2v) is 10.3. The van der Waals surface area contributed by atoms with Gasteiger partial charge in [0.05, 0.1) is 28.9 Å². The van der Waals surface area contributed by atoms with Crippen LogP contribution in [0.5, 0.6) is 0 Å². The van der Waals surface area contributed by atoms with Crippen LogP contribution in [0.2, 0.25) is 5.02 Å². The number of aromatic nitrogens is 3. The number of aryl methyl sites for hydroxylation is 1. The van der Waals surface area contributed by atoms with Crippen LogP contribution < -0.4 is 15.8 Å². The van der Waals surface area contributed by atoms with Gasteiger partial charge in [-0.15, -0.1) is 0 Å². The predicted octanol–water partition coefficient (Wildman–Crippen LogP) is 3.48. The van der Waals surface area contributed by atoms with Crippen molar-refractivity contribution in [3.05, 3.63) is 75.2 Å². The van der Waals surface area contributed by atoms with Crippen molar-refractivity contribution in [2.24, 2.45) is 0 Å². The summed E-state index contributed by atoms with van der Waals surface area (Å²) in [6, 6.07) is 12.9. The number of nitrogens with one attached hydrogen (secondary N) is 3. The van der Waals surface area contributed by atoms with Crippen LogP contribution in [0.15, 0.2) is 53.5 Å². The van der Waals surface area contributed by atoms with Gasteiger partial charge in [0.15, 0.2) is 0 Å². The molecule has 2 aromatic heterocycles. The highest BCUT2D eigenvalue weighted by Crippen LogP contribution is 2.30. The number of hydrogen-bond acceptors (Lipinski definition) is 7. The Morgan fingerprint density at radius 2 is 1.95 bits per heavy atom. The molecule has 0 amide bonds. The van der Waals surface area contributed by atoms with Gasteiger partial charge in [0, 0.05) is 56.2 Å². The molecule has 9 nitrogen and oxygen atoms in total. The van der Waals surface area contributed by atoms with E-state index in [0.717, 1.165) is 48.5 Å². The molecule has 1 aliphatic heterocycles. The van der Waals surface area contributed by atoms with Crippen molar-refractivity contribution in [2.75, 3.05) is 56.2 Å². The summed E-state index contributed by atoms with van der Waals surface area (Å²) in [4.78, 5) is 28.0. The van der Waals surface area contributed by atoms with Crippen LogP contribution in [0.1, 0.15) is 17.2 Å². The highest BCUT2D eigenvalue weighted by atomic mass is 35.5. The third-order valence-electron chi connectivity index (χ3n) is 7.06. The Labute approximate surface area is 230 Å². The van der Waals surface area contributed by atoms with Gasteiger partial charge in [-0.1, -0.05) is 23.7 Å². The van der Waals surface area contributed by atoms with E-state index in [-0.39, 0.29) is 12.1 Å². The molecule has 5 N–H and O–H groups in total. The molecule has 2 aromatic carbocycles. The highest BCUT2D eigenvalue weighted by molar-refractivity contribution is 6.30. The Balaban J connectivity index is 1.37. The van der Waals surface area contributed by atoms with E-state index in [0.29, 0.717) is 34.2 Å². The van der Waals surface area contributed by atoms with E-state index in [1.165, 1.54) is 0 Å². The summed E-state index contributed by atoms with van der Waals surface area (Å²) in [6.45, 7) is 4.75. The van der Waals surface area contributed by atoms with E-state index >= 15 is 0 Å². The Kier molecular flexibility index (Phi) is 8.18. The van der Waals surface area contributed by atoms with Gasteiger partial charge in [-0.2, -0.15) is 0 Å². The van der Waals surface area contributed by atoms with Crippen LogP contribution in [0.4, 0.5) is 15.8 Å². The van der Waals surface area contributed by atoms with E-state index in [9.17, 15) is 19.4 Å². The minimum absolute atomic E-state index is 0.175. The zero-order valence-electron chi connectivity index (χ0n) is 21.6. The summed E-state index contributed by atoms with van der Waals surface area (Å²) in [5, 5.41) is 24.0. The molecule has 2 atom stereocenters. The molecule has 206 valence electrons. The number of alkyl halides is 1. The standard InChI is InChI=1S/C28H32ClFN6O3/c1-17-11-20(36-9-7-35(8-10-36)16-21(37)14-30)13-23-26(17)34-27(33-23)25-22(5-6-31-28(25)39)32-15-24(38)18-3-2-4-19(29)12-18/h2-6,11-13,21,24,37-38H,7-10,14-16H2,1H3,(H,33,34)(H2,31,32,39)/t21?,24-/m1/s1. The van der Waals surface area contributed by atoms with Crippen molar-refractivity contribution < 1.29 is 14.6 Å². The molecular formula is C28H32ClFN6O3. The Morgan fingerprint density at radius 1 is 1.15 bits per heavy atom. The van der Waals surface area contributed by atoms with Crippen LogP contribution in [0.25, 0.3) is 22.4 Å². The first-order chi connectivity index (χ1) is 18.8. The number of aromatic amines is 2. The topological polar surface area (TPSA) is 121 Å². The number of nitrogens with zero attached hydrogens (tertiary/aromatic N) is 3. The van der Waals surface area contributed by atoms with Gasteiger partial charge in [-0.3, -0.25) is 9.69 Å².